The van der Waals surface area contributed by atoms with Crippen LogP contribution in [0.3, 0.4) is 0 Å². The molecule has 1 unspecified atom stereocenters. The largest absolute Gasteiger partial charge is 0.497 e. The number of anilines is 1. The van der Waals surface area contributed by atoms with Crippen molar-refractivity contribution < 1.29 is 9.47 Å². The molecule has 3 nitrogen and oxygen atoms in total. The van der Waals surface area contributed by atoms with E-state index in [1.807, 2.05) is 12.1 Å². The molecule has 1 aliphatic carbocycles. The summed E-state index contributed by atoms with van der Waals surface area (Å²) in [7, 11) is 1.70. The fourth-order valence-corrected chi connectivity index (χ4v) is 3.62. The van der Waals surface area contributed by atoms with Crippen molar-refractivity contribution in [2.24, 2.45) is 0 Å². The summed E-state index contributed by atoms with van der Waals surface area (Å²) in [6.45, 7) is 0.897. The molecule has 2 fully saturated rings. The monoisotopic (exact) mass is 275 g/mol. The Morgan fingerprint density at radius 3 is 2.60 bits per heavy atom. The molecule has 1 N–H and O–H groups in total. The zero-order chi connectivity index (χ0) is 13.8. The number of hydrogen-bond donors (Lipinski definition) is 1. The van der Waals surface area contributed by atoms with Crippen molar-refractivity contribution in [1.82, 2.24) is 0 Å². The molecule has 2 aliphatic rings. The molecule has 1 aliphatic heterocycles. The molecule has 0 aromatic heterocycles. The fourth-order valence-electron chi connectivity index (χ4n) is 3.62. The Balaban J connectivity index is 1.61. The Hall–Kier alpha value is -1.22. The highest BCUT2D eigenvalue weighted by Crippen LogP contribution is 2.39. The second-order valence-corrected chi connectivity index (χ2v) is 6.15. The van der Waals surface area contributed by atoms with Crippen molar-refractivity contribution in [3.63, 3.8) is 0 Å². The average molecular weight is 275 g/mol. The van der Waals surface area contributed by atoms with Crippen LogP contribution in [0.25, 0.3) is 0 Å². The molecule has 1 spiro atoms. The summed E-state index contributed by atoms with van der Waals surface area (Å²) in [5.74, 6) is 0.909. The van der Waals surface area contributed by atoms with Crippen molar-refractivity contribution in [2.45, 2.75) is 56.6 Å². The summed E-state index contributed by atoms with van der Waals surface area (Å²) in [6, 6.07) is 8.76. The highest BCUT2D eigenvalue weighted by molar-refractivity contribution is 5.47. The molecule has 20 heavy (non-hydrogen) atoms. The molecule has 110 valence electrons. The van der Waals surface area contributed by atoms with E-state index >= 15 is 0 Å². The Bertz CT molecular complexity index is 418. The minimum atomic E-state index is 0.167. The quantitative estimate of drug-likeness (QED) is 0.904. The summed E-state index contributed by atoms with van der Waals surface area (Å²) in [4.78, 5) is 0. The molecule has 1 atom stereocenters. The minimum absolute atomic E-state index is 0.167. The third-order valence-electron chi connectivity index (χ3n) is 4.72. The summed E-state index contributed by atoms with van der Waals surface area (Å²) in [6.07, 6.45) is 8.78. The molecule has 1 saturated carbocycles. The number of methoxy groups -OCH3 is 1. The van der Waals surface area contributed by atoms with Gasteiger partial charge in [0, 0.05) is 18.3 Å². The molecule has 1 heterocycles. The second-order valence-electron chi connectivity index (χ2n) is 6.15. The molecule has 3 heteroatoms. The van der Waals surface area contributed by atoms with E-state index in [1.54, 1.807) is 7.11 Å². The lowest BCUT2D eigenvalue weighted by molar-refractivity contribution is -0.103. The van der Waals surface area contributed by atoms with Crippen LogP contribution in [0.2, 0.25) is 0 Å². The number of nitrogens with one attached hydrogen (secondary N) is 1. The average Bonchev–Trinajstić information content (AvgIpc) is 2.49. The van der Waals surface area contributed by atoms with E-state index in [1.165, 1.54) is 37.8 Å². The summed E-state index contributed by atoms with van der Waals surface area (Å²) in [5.41, 5.74) is 1.35. The Morgan fingerprint density at radius 1 is 1.15 bits per heavy atom. The van der Waals surface area contributed by atoms with Gasteiger partial charge in [0.05, 0.1) is 12.7 Å². The van der Waals surface area contributed by atoms with Gasteiger partial charge in [-0.1, -0.05) is 19.3 Å². The lowest BCUT2D eigenvalue weighted by atomic mass is 9.78. The molecule has 1 saturated heterocycles. The molecule has 1 aromatic carbocycles. The first-order chi connectivity index (χ1) is 9.80. The summed E-state index contributed by atoms with van der Waals surface area (Å²) in [5, 5.41) is 3.67. The Morgan fingerprint density at radius 2 is 1.90 bits per heavy atom. The van der Waals surface area contributed by atoms with Gasteiger partial charge in [0.15, 0.2) is 0 Å². The van der Waals surface area contributed by atoms with Crippen molar-refractivity contribution in [2.75, 3.05) is 19.0 Å². The predicted octanol–water partition coefficient (Wildman–Crippen LogP) is 3.99. The standard InChI is InChI=1S/C17H25NO2/c1-19-16-7-5-14(6-8-16)18-15-9-12-20-17(13-15)10-3-2-4-11-17/h5-8,15,18H,2-4,9-13H2,1H3. The molecule has 0 amide bonds. The molecule has 3 rings (SSSR count). The van der Waals surface area contributed by atoms with Gasteiger partial charge in [-0.05, 0) is 49.9 Å². The first-order valence-electron chi connectivity index (χ1n) is 7.84. The van der Waals surface area contributed by atoms with E-state index < -0.39 is 0 Å². The van der Waals surface area contributed by atoms with Crippen molar-refractivity contribution in [3.05, 3.63) is 24.3 Å². The molecular weight excluding hydrogens is 250 g/mol. The van der Waals surface area contributed by atoms with Crippen LogP contribution >= 0.6 is 0 Å². The van der Waals surface area contributed by atoms with Crippen LogP contribution < -0.4 is 10.1 Å². The van der Waals surface area contributed by atoms with Crippen LogP contribution in [0.15, 0.2) is 24.3 Å². The van der Waals surface area contributed by atoms with Crippen molar-refractivity contribution in [3.8, 4) is 5.75 Å². The van der Waals surface area contributed by atoms with Crippen LogP contribution in [-0.2, 0) is 4.74 Å². The van der Waals surface area contributed by atoms with Gasteiger partial charge in [-0.2, -0.15) is 0 Å². The smallest absolute Gasteiger partial charge is 0.119 e. The number of benzene rings is 1. The maximum atomic E-state index is 6.15. The first kappa shape index (κ1) is 13.7. The van der Waals surface area contributed by atoms with Gasteiger partial charge in [0.1, 0.15) is 5.75 Å². The maximum Gasteiger partial charge on any atom is 0.119 e. The Labute approximate surface area is 121 Å². The van der Waals surface area contributed by atoms with Crippen LogP contribution in [0.1, 0.15) is 44.9 Å². The number of hydrogen-bond acceptors (Lipinski definition) is 3. The molecular formula is C17H25NO2. The lowest BCUT2D eigenvalue weighted by Gasteiger charge is -2.44. The maximum absolute atomic E-state index is 6.15. The lowest BCUT2D eigenvalue weighted by Crippen LogP contribution is -2.45. The molecule has 0 bridgehead atoms. The summed E-state index contributed by atoms with van der Waals surface area (Å²) >= 11 is 0. The summed E-state index contributed by atoms with van der Waals surface area (Å²) < 4.78 is 11.4. The zero-order valence-electron chi connectivity index (χ0n) is 12.4. The van der Waals surface area contributed by atoms with E-state index in [9.17, 15) is 0 Å². The van der Waals surface area contributed by atoms with E-state index in [-0.39, 0.29) is 5.60 Å². The van der Waals surface area contributed by atoms with Crippen molar-refractivity contribution in [1.29, 1.82) is 0 Å². The van der Waals surface area contributed by atoms with Gasteiger partial charge in [-0.15, -0.1) is 0 Å². The Kier molecular flexibility index (Phi) is 4.16. The van der Waals surface area contributed by atoms with E-state index in [0.717, 1.165) is 25.2 Å². The van der Waals surface area contributed by atoms with Crippen LogP contribution in [0.4, 0.5) is 5.69 Å². The first-order valence-corrected chi connectivity index (χ1v) is 7.84. The molecule has 1 aromatic rings. The SMILES string of the molecule is COc1ccc(NC2CCOC3(CCCCC3)C2)cc1. The minimum Gasteiger partial charge on any atom is -0.497 e. The number of rotatable bonds is 3. The van der Waals surface area contributed by atoms with Crippen LogP contribution in [-0.4, -0.2) is 25.4 Å². The van der Waals surface area contributed by atoms with Gasteiger partial charge < -0.3 is 14.8 Å². The third-order valence-corrected chi connectivity index (χ3v) is 4.72. The van der Waals surface area contributed by atoms with Gasteiger partial charge in [-0.25, -0.2) is 0 Å². The fraction of sp³-hybridized carbons (Fsp3) is 0.647. The van der Waals surface area contributed by atoms with Crippen LogP contribution in [0, 0.1) is 0 Å². The van der Waals surface area contributed by atoms with Gasteiger partial charge in [0.2, 0.25) is 0 Å². The number of ether oxygens (including phenoxy) is 2. The molecule has 0 radical (unpaired) electrons. The normalized spacial score (nSPS) is 25.4. The topological polar surface area (TPSA) is 30.5 Å². The van der Waals surface area contributed by atoms with Gasteiger partial charge >= 0.3 is 0 Å². The highest BCUT2D eigenvalue weighted by Gasteiger charge is 2.38. The third kappa shape index (κ3) is 3.09. The van der Waals surface area contributed by atoms with Crippen molar-refractivity contribution >= 4 is 5.69 Å². The van der Waals surface area contributed by atoms with E-state index in [4.69, 9.17) is 9.47 Å². The predicted molar refractivity (Wildman–Crippen MR) is 81.4 cm³/mol. The highest BCUT2D eigenvalue weighted by atomic mass is 16.5. The van der Waals surface area contributed by atoms with Gasteiger partial charge in [-0.3, -0.25) is 0 Å². The van der Waals surface area contributed by atoms with E-state index in [0.29, 0.717) is 6.04 Å². The van der Waals surface area contributed by atoms with Crippen LogP contribution in [0.5, 0.6) is 5.75 Å². The zero-order valence-corrected chi connectivity index (χ0v) is 12.4. The van der Waals surface area contributed by atoms with E-state index in [2.05, 4.69) is 17.4 Å². The second kappa shape index (κ2) is 6.04. The van der Waals surface area contributed by atoms with Gasteiger partial charge in [0.25, 0.3) is 0 Å².